The normalized spacial score (nSPS) is 22.4. The van der Waals surface area contributed by atoms with Crippen molar-refractivity contribution < 1.29 is 10.2 Å². The number of hydrogen-bond acceptors (Lipinski definition) is 2. The topological polar surface area (TPSA) is 40.5 Å². The summed E-state index contributed by atoms with van der Waals surface area (Å²) >= 11 is 0. The van der Waals surface area contributed by atoms with E-state index in [2.05, 4.69) is 19.9 Å². The van der Waals surface area contributed by atoms with Gasteiger partial charge in [-0.25, -0.2) is 0 Å². The van der Waals surface area contributed by atoms with Crippen molar-refractivity contribution in [3.05, 3.63) is 53.6 Å². The second-order valence-electron chi connectivity index (χ2n) is 5.05. The first kappa shape index (κ1) is 12.9. The van der Waals surface area contributed by atoms with Gasteiger partial charge in [0.05, 0.1) is 6.10 Å². The third-order valence-corrected chi connectivity index (χ3v) is 3.93. The number of aromatic hydroxyl groups is 1. The number of hydrogen-bond donors (Lipinski definition) is 2. The van der Waals surface area contributed by atoms with E-state index in [0.717, 1.165) is 6.42 Å². The van der Waals surface area contributed by atoms with E-state index in [1.165, 1.54) is 11.1 Å². The summed E-state index contributed by atoms with van der Waals surface area (Å²) in [6.07, 6.45) is 7.29. The highest BCUT2D eigenvalue weighted by molar-refractivity contribution is 5.44. The molecule has 1 aliphatic carbocycles. The van der Waals surface area contributed by atoms with Crippen molar-refractivity contribution in [1.29, 1.82) is 0 Å². The van der Waals surface area contributed by atoms with Crippen LogP contribution in [0.25, 0.3) is 0 Å². The first-order chi connectivity index (χ1) is 8.56. The molecule has 1 aromatic carbocycles. The van der Waals surface area contributed by atoms with E-state index >= 15 is 0 Å². The van der Waals surface area contributed by atoms with Crippen molar-refractivity contribution in [1.82, 2.24) is 0 Å². The first-order valence-electron chi connectivity index (χ1n) is 6.42. The molecular weight excluding hydrogens is 224 g/mol. The Morgan fingerprint density at radius 2 is 1.94 bits per heavy atom. The third kappa shape index (κ3) is 2.34. The van der Waals surface area contributed by atoms with Gasteiger partial charge in [0.25, 0.3) is 0 Å². The molecule has 0 heterocycles. The third-order valence-electron chi connectivity index (χ3n) is 3.93. The Labute approximate surface area is 108 Å². The number of benzene rings is 1. The van der Waals surface area contributed by atoms with Crippen LogP contribution in [0.15, 0.2) is 48.1 Å². The Hall–Kier alpha value is -1.54. The minimum Gasteiger partial charge on any atom is -0.508 e. The highest BCUT2D eigenvalue weighted by Gasteiger charge is 2.28. The van der Waals surface area contributed by atoms with Crippen LogP contribution in [0.2, 0.25) is 0 Å². The molecule has 96 valence electrons. The van der Waals surface area contributed by atoms with Gasteiger partial charge in [-0.15, -0.1) is 0 Å². The summed E-state index contributed by atoms with van der Waals surface area (Å²) in [6, 6.07) is 7.40. The molecule has 0 amide bonds. The van der Waals surface area contributed by atoms with Gasteiger partial charge in [-0.1, -0.05) is 44.2 Å². The van der Waals surface area contributed by atoms with Gasteiger partial charge in [-0.05, 0) is 36.1 Å². The van der Waals surface area contributed by atoms with Crippen LogP contribution in [0.4, 0.5) is 0 Å². The van der Waals surface area contributed by atoms with Gasteiger partial charge in [0.15, 0.2) is 0 Å². The molecule has 2 heteroatoms. The lowest BCUT2D eigenvalue weighted by molar-refractivity contribution is 0.224. The maximum absolute atomic E-state index is 9.51. The van der Waals surface area contributed by atoms with Crippen molar-refractivity contribution in [2.75, 3.05) is 0 Å². The van der Waals surface area contributed by atoms with Gasteiger partial charge in [0.1, 0.15) is 5.75 Å². The van der Waals surface area contributed by atoms with Crippen LogP contribution in [-0.4, -0.2) is 16.3 Å². The fourth-order valence-corrected chi connectivity index (χ4v) is 2.42. The summed E-state index contributed by atoms with van der Waals surface area (Å²) in [5, 5.41) is 18.9. The lowest BCUT2D eigenvalue weighted by Crippen LogP contribution is -2.24. The van der Waals surface area contributed by atoms with E-state index in [1.54, 1.807) is 12.1 Å². The Kier molecular flexibility index (Phi) is 3.58. The molecule has 0 saturated heterocycles. The molecule has 2 nitrogen and oxygen atoms in total. The number of rotatable bonds is 3. The van der Waals surface area contributed by atoms with E-state index in [1.807, 2.05) is 24.3 Å². The van der Waals surface area contributed by atoms with Gasteiger partial charge in [-0.3, -0.25) is 0 Å². The molecule has 0 aromatic heterocycles. The average molecular weight is 244 g/mol. The molecular formula is C16H20O2. The van der Waals surface area contributed by atoms with E-state index in [0.29, 0.717) is 12.2 Å². The number of phenolic OH excluding ortho intramolecular Hbond substituents is 1. The van der Waals surface area contributed by atoms with E-state index in [9.17, 15) is 10.2 Å². The van der Waals surface area contributed by atoms with Crippen molar-refractivity contribution in [3.63, 3.8) is 0 Å². The highest BCUT2D eigenvalue weighted by Crippen LogP contribution is 2.38. The summed E-state index contributed by atoms with van der Waals surface area (Å²) in [6.45, 7) is 4.36. The fraction of sp³-hybridized carbons (Fsp3) is 0.375. The SMILES string of the molecule is CCC(C)(C1=CCC(O)C=C1)c1ccc(O)cc1. The summed E-state index contributed by atoms with van der Waals surface area (Å²) in [4.78, 5) is 0. The second kappa shape index (κ2) is 4.99. The fourth-order valence-electron chi connectivity index (χ4n) is 2.42. The Balaban J connectivity index is 2.36. The largest absolute Gasteiger partial charge is 0.508 e. The molecule has 0 saturated carbocycles. The molecule has 1 aromatic rings. The van der Waals surface area contributed by atoms with Crippen molar-refractivity contribution >= 4 is 0 Å². The lowest BCUT2D eigenvalue weighted by atomic mass is 9.72. The van der Waals surface area contributed by atoms with Crippen molar-refractivity contribution in [3.8, 4) is 5.75 Å². The minimum atomic E-state index is -0.352. The summed E-state index contributed by atoms with van der Waals surface area (Å²) in [7, 11) is 0. The molecule has 0 radical (unpaired) electrons. The van der Waals surface area contributed by atoms with E-state index in [4.69, 9.17) is 0 Å². The van der Waals surface area contributed by atoms with Crippen molar-refractivity contribution in [2.45, 2.75) is 38.2 Å². The molecule has 0 spiro atoms. The summed E-state index contributed by atoms with van der Waals surface area (Å²) in [5.74, 6) is 0.292. The van der Waals surface area contributed by atoms with Gasteiger partial charge >= 0.3 is 0 Å². The number of phenols is 1. The standard InChI is InChI=1S/C16H20O2/c1-3-16(2,12-4-8-14(17)9-5-12)13-6-10-15(18)11-7-13/h4-10,15,17-18H,3,11H2,1-2H3. The molecule has 2 rings (SSSR count). The molecule has 0 aliphatic heterocycles. The number of allylic oxidation sites excluding steroid dienone is 2. The van der Waals surface area contributed by atoms with E-state index < -0.39 is 0 Å². The first-order valence-corrected chi connectivity index (χ1v) is 6.42. The molecule has 0 fully saturated rings. The Bertz CT molecular complexity index is 470. The molecule has 2 N–H and O–H groups in total. The maximum Gasteiger partial charge on any atom is 0.115 e. The molecule has 2 atom stereocenters. The average Bonchev–Trinajstić information content (AvgIpc) is 2.39. The van der Waals surface area contributed by atoms with E-state index in [-0.39, 0.29) is 11.5 Å². The number of aliphatic hydroxyl groups excluding tert-OH is 1. The highest BCUT2D eigenvalue weighted by atomic mass is 16.3. The monoisotopic (exact) mass is 244 g/mol. The second-order valence-corrected chi connectivity index (χ2v) is 5.05. The van der Waals surface area contributed by atoms with Crippen LogP contribution in [0, 0.1) is 0 Å². The molecule has 18 heavy (non-hydrogen) atoms. The molecule has 2 unspecified atom stereocenters. The van der Waals surface area contributed by atoms with Gasteiger partial charge < -0.3 is 10.2 Å². The molecule has 1 aliphatic rings. The van der Waals surface area contributed by atoms with Crippen LogP contribution < -0.4 is 0 Å². The Morgan fingerprint density at radius 1 is 1.28 bits per heavy atom. The maximum atomic E-state index is 9.51. The zero-order valence-corrected chi connectivity index (χ0v) is 10.9. The quantitative estimate of drug-likeness (QED) is 0.856. The van der Waals surface area contributed by atoms with Gasteiger partial charge in [-0.2, -0.15) is 0 Å². The Morgan fingerprint density at radius 3 is 2.44 bits per heavy atom. The van der Waals surface area contributed by atoms with Crippen LogP contribution in [0.3, 0.4) is 0 Å². The molecule has 0 bridgehead atoms. The van der Waals surface area contributed by atoms with Crippen molar-refractivity contribution in [2.24, 2.45) is 0 Å². The zero-order valence-electron chi connectivity index (χ0n) is 10.9. The predicted molar refractivity (Wildman–Crippen MR) is 73.6 cm³/mol. The van der Waals surface area contributed by atoms with Gasteiger partial charge in [0.2, 0.25) is 0 Å². The van der Waals surface area contributed by atoms with Crippen LogP contribution in [-0.2, 0) is 5.41 Å². The van der Waals surface area contributed by atoms with Gasteiger partial charge in [0, 0.05) is 5.41 Å². The lowest BCUT2D eigenvalue weighted by Gasteiger charge is -2.32. The van der Waals surface area contributed by atoms with Crippen LogP contribution in [0.5, 0.6) is 5.75 Å². The summed E-state index contributed by atoms with van der Waals surface area (Å²) < 4.78 is 0. The smallest absolute Gasteiger partial charge is 0.115 e. The van der Waals surface area contributed by atoms with Crippen LogP contribution >= 0.6 is 0 Å². The van der Waals surface area contributed by atoms with Crippen LogP contribution in [0.1, 0.15) is 32.3 Å². The predicted octanol–water partition coefficient (Wildman–Crippen LogP) is 3.31. The number of aliphatic hydroxyl groups is 1. The summed E-state index contributed by atoms with van der Waals surface area (Å²) in [5.41, 5.74) is 2.36. The minimum absolute atomic E-state index is 0.0651. The zero-order chi connectivity index (χ0) is 13.2.